The number of rotatable bonds is 4. The summed E-state index contributed by atoms with van der Waals surface area (Å²) in [5.74, 6) is 0.356. The molecule has 1 N–H and O–H groups in total. The Morgan fingerprint density at radius 1 is 1.25 bits per heavy atom. The normalized spacial score (nSPS) is 11.5. The largest absolute Gasteiger partial charge is 0.497 e. The topological polar surface area (TPSA) is 45.0 Å². The lowest BCUT2D eigenvalue weighted by Gasteiger charge is -2.14. The summed E-state index contributed by atoms with van der Waals surface area (Å²) in [6, 6.07) is 13.5. The van der Waals surface area contributed by atoms with E-state index >= 15 is 0 Å². The second-order valence-corrected chi connectivity index (χ2v) is 4.50. The standard InChI is InChI=1S/C16H15FN2O/c1-11-6-13(17)9-14(7-11)19-16(10-18)12-4-3-5-15(8-12)20-2/h3-9,16,19H,1-2H3. The van der Waals surface area contributed by atoms with E-state index in [0.29, 0.717) is 11.4 Å². The minimum Gasteiger partial charge on any atom is -0.497 e. The molecule has 4 heteroatoms. The van der Waals surface area contributed by atoms with Gasteiger partial charge in [0.2, 0.25) is 0 Å². The van der Waals surface area contributed by atoms with Gasteiger partial charge in [-0.05, 0) is 48.4 Å². The van der Waals surface area contributed by atoms with Gasteiger partial charge in [0.15, 0.2) is 0 Å². The van der Waals surface area contributed by atoms with Crippen molar-refractivity contribution in [2.45, 2.75) is 13.0 Å². The molecule has 0 aliphatic heterocycles. The SMILES string of the molecule is COc1cccc(C(C#N)Nc2cc(C)cc(F)c2)c1. The molecule has 0 saturated heterocycles. The Bertz CT molecular complexity index is 629. The lowest BCUT2D eigenvalue weighted by molar-refractivity contribution is 0.414. The fourth-order valence-corrected chi connectivity index (χ4v) is 2.00. The fraction of sp³-hybridized carbons (Fsp3) is 0.188. The maximum Gasteiger partial charge on any atom is 0.140 e. The quantitative estimate of drug-likeness (QED) is 0.918. The van der Waals surface area contributed by atoms with Crippen LogP contribution in [0, 0.1) is 24.1 Å². The molecule has 0 bridgehead atoms. The Hall–Kier alpha value is -2.54. The van der Waals surface area contributed by atoms with Gasteiger partial charge in [0, 0.05) is 5.69 Å². The number of hydrogen-bond acceptors (Lipinski definition) is 3. The van der Waals surface area contributed by atoms with Gasteiger partial charge >= 0.3 is 0 Å². The van der Waals surface area contributed by atoms with Crippen molar-refractivity contribution < 1.29 is 9.13 Å². The van der Waals surface area contributed by atoms with Gasteiger partial charge in [0.1, 0.15) is 17.6 Å². The smallest absolute Gasteiger partial charge is 0.140 e. The van der Waals surface area contributed by atoms with Crippen LogP contribution in [-0.2, 0) is 0 Å². The average molecular weight is 270 g/mol. The highest BCUT2D eigenvalue weighted by Gasteiger charge is 2.11. The number of nitrogens with one attached hydrogen (secondary N) is 1. The molecule has 0 amide bonds. The van der Waals surface area contributed by atoms with Crippen LogP contribution in [-0.4, -0.2) is 7.11 Å². The van der Waals surface area contributed by atoms with E-state index in [4.69, 9.17) is 4.74 Å². The molecule has 0 saturated carbocycles. The Morgan fingerprint density at radius 3 is 2.70 bits per heavy atom. The zero-order valence-electron chi connectivity index (χ0n) is 11.4. The molecule has 0 aromatic heterocycles. The highest BCUT2D eigenvalue weighted by Crippen LogP contribution is 2.23. The number of benzene rings is 2. The molecule has 2 aromatic rings. The molecule has 102 valence electrons. The van der Waals surface area contributed by atoms with Gasteiger partial charge in [-0.1, -0.05) is 12.1 Å². The van der Waals surface area contributed by atoms with Gasteiger partial charge in [0.05, 0.1) is 13.2 Å². The number of aryl methyl sites for hydroxylation is 1. The first kappa shape index (κ1) is 13.9. The lowest BCUT2D eigenvalue weighted by atomic mass is 10.1. The predicted octanol–water partition coefficient (Wildman–Crippen LogP) is 3.82. The van der Waals surface area contributed by atoms with Crippen molar-refractivity contribution in [1.29, 1.82) is 5.26 Å². The summed E-state index contributed by atoms with van der Waals surface area (Å²) in [6.07, 6.45) is 0. The van der Waals surface area contributed by atoms with E-state index < -0.39 is 6.04 Å². The molecule has 0 spiro atoms. The van der Waals surface area contributed by atoms with Crippen LogP contribution in [0.2, 0.25) is 0 Å². The van der Waals surface area contributed by atoms with Crippen molar-refractivity contribution in [3.8, 4) is 11.8 Å². The number of halogens is 1. The van der Waals surface area contributed by atoms with Crippen molar-refractivity contribution in [2.24, 2.45) is 0 Å². The Balaban J connectivity index is 2.26. The van der Waals surface area contributed by atoms with Crippen molar-refractivity contribution in [2.75, 3.05) is 12.4 Å². The molecule has 1 unspecified atom stereocenters. The predicted molar refractivity (Wildman–Crippen MR) is 76.1 cm³/mol. The van der Waals surface area contributed by atoms with E-state index in [1.807, 2.05) is 18.2 Å². The van der Waals surface area contributed by atoms with Gasteiger partial charge in [-0.15, -0.1) is 0 Å². The highest BCUT2D eigenvalue weighted by molar-refractivity contribution is 5.50. The van der Waals surface area contributed by atoms with Crippen molar-refractivity contribution in [3.05, 3.63) is 59.4 Å². The number of anilines is 1. The van der Waals surface area contributed by atoms with Gasteiger partial charge in [0.25, 0.3) is 0 Å². The monoisotopic (exact) mass is 270 g/mol. The van der Waals surface area contributed by atoms with Crippen molar-refractivity contribution in [1.82, 2.24) is 0 Å². The number of ether oxygens (including phenoxy) is 1. The molecule has 0 fully saturated rings. The number of hydrogen-bond donors (Lipinski definition) is 1. The molecule has 2 aromatic carbocycles. The van der Waals surface area contributed by atoms with Gasteiger partial charge < -0.3 is 10.1 Å². The van der Waals surface area contributed by atoms with Crippen LogP contribution in [0.3, 0.4) is 0 Å². The third-order valence-corrected chi connectivity index (χ3v) is 2.91. The Morgan fingerprint density at radius 2 is 2.05 bits per heavy atom. The van der Waals surface area contributed by atoms with E-state index in [2.05, 4.69) is 11.4 Å². The van der Waals surface area contributed by atoms with E-state index in [1.165, 1.54) is 12.1 Å². The van der Waals surface area contributed by atoms with Crippen LogP contribution < -0.4 is 10.1 Å². The maximum atomic E-state index is 13.4. The third kappa shape index (κ3) is 3.27. The highest BCUT2D eigenvalue weighted by atomic mass is 19.1. The summed E-state index contributed by atoms with van der Waals surface area (Å²) >= 11 is 0. The summed E-state index contributed by atoms with van der Waals surface area (Å²) < 4.78 is 18.5. The first-order chi connectivity index (χ1) is 9.62. The van der Waals surface area contributed by atoms with E-state index in [-0.39, 0.29) is 5.82 Å². The molecule has 0 aliphatic rings. The van der Waals surface area contributed by atoms with E-state index in [1.54, 1.807) is 26.2 Å². The fourth-order valence-electron chi connectivity index (χ4n) is 2.00. The molecule has 0 aliphatic carbocycles. The molecule has 3 nitrogen and oxygen atoms in total. The molecule has 2 rings (SSSR count). The summed E-state index contributed by atoms with van der Waals surface area (Å²) in [5.41, 5.74) is 2.15. The number of nitrogens with zero attached hydrogens (tertiary/aromatic N) is 1. The number of nitriles is 1. The Kier molecular flexibility index (Phi) is 4.21. The first-order valence-corrected chi connectivity index (χ1v) is 6.19. The molecule has 0 radical (unpaired) electrons. The number of methoxy groups -OCH3 is 1. The summed E-state index contributed by atoms with van der Waals surface area (Å²) in [5, 5.41) is 12.3. The zero-order chi connectivity index (χ0) is 14.5. The van der Waals surface area contributed by atoms with Crippen LogP contribution in [0.1, 0.15) is 17.2 Å². The summed E-state index contributed by atoms with van der Waals surface area (Å²) in [7, 11) is 1.57. The van der Waals surface area contributed by atoms with Crippen LogP contribution >= 0.6 is 0 Å². The van der Waals surface area contributed by atoms with Crippen LogP contribution in [0.25, 0.3) is 0 Å². The van der Waals surface area contributed by atoms with Gasteiger partial charge in [-0.2, -0.15) is 5.26 Å². The van der Waals surface area contributed by atoms with Crippen LogP contribution in [0.4, 0.5) is 10.1 Å². The molecule has 0 heterocycles. The minimum atomic E-state index is -0.564. The van der Waals surface area contributed by atoms with Crippen LogP contribution in [0.15, 0.2) is 42.5 Å². The van der Waals surface area contributed by atoms with E-state index in [0.717, 1.165) is 11.1 Å². The second kappa shape index (κ2) is 6.07. The van der Waals surface area contributed by atoms with Gasteiger partial charge in [-0.3, -0.25) is 0 Å². The zero-order valence-corrected chi connectivity index (χ0v) is 11.4. The molecular weight excluding hydrogens is 255 g/mol. The van der Waals surface area contributed by atoms with Crippen molar-refractivity contribution in [3.63, 3.8) is 0 Å². The summed E-state index contributed by atoms with van der Waals surface area (Å²) in [4.78, 5) is 0. The molecule has 20 heavy (non-hydrogen) atoms. The summed E-state index contributed by atoms with van der Waals surface area (Å²) in [6.45, 7) is 1.81. The third-order valence-electron chi connectivity index (χ3n) is 2.91. The van der Waals surface area contributed by atoms with E-state index in [9.17, 15) is 9.65 Å². The maximum absolute atomic E-state index is 13.4. The Labute approximate surface area is 117 Å². The first-order valence-electron chi connectivity index (χ1n) is 6.19. The second-order valence-electron chi connectivity index (χ2n) is 4.50. The van der Waals surface area contributed by atoms with Crippen molar-refractivity contribution >= 4 is 5.69 Å². The average Bonchev–Trinajstić information content (AvgIpc) is 2.44. The lowest BCUT2D eigenvalue weighted by Crippen LogP contribution is -2.09. The molecular formula is C16H15FN2O. The minimum absolute atomic E-state index is 0.324. The molecule has 1 atom stereocenters. The van der Waals surface area contributed by atoms with Crippen LogP contribution in [0.5, 0.6) is 5.75 Å². The van der Waals surface area contributed by atoms with Gasteiger partial charge in [-0.25, -0.2) is 4.39 Å².